The lowest BCUT2D eigenvalue weighted by atomic mass is 9.71. The Bertz CT molecular complexity index is 228. The number of carbonyl (C=O) groups is 1. The summed E-state index contributed by atoms with van der Waals surface area (Å²) in [7, 11) is 0. The number of amides is 1. The summed E-state index contributed by atoms with van der Waals surface area (Å²) in [6, 6.07) is 0. The largest absolute Gasteiger partial charge is 0.369 e. The Morgan fingerprint density at radius 2 is 1.87 bits per heavy atom. The molecule has 1 aliphatic carbocycles. The van der Waals surface area contributed by atoms with Gasteiger partial charge < -0.3 is 11.1 Å². The Morgan fingerprint density at radius 1 is 1.27 bits per heavy atom. The molecule has 2 aliphatic rings. The molecule has 1 amide bonds. The lowest BCUT2D eigenvalue weighted by Gasteiger charge is -2.36. The quantitative estimate of drug-likeness (QED) is 0.740. The summed E-state index contributed by atoms with van der Waals surface area (Å²) in [5, 5.41) is 3.31. The molecule has 1 saturated carbocycles. The summed E-state index contributed by atoms with van der Waals surface area (Å²) < 4.78 is 0. The molecule has 3 heteroatoms. The molecule has 1 saturated heterocycles. The van der Waals surface area contributed by atoms with Crippen LogP contribution in [0.5, 0.6) is 0 Å². The summed E-state index contributed by atoms with van der Waals surface area (Å²) >= 11 is 0. The van der Waals surface area contributed by atoms with Gasteiger partial charge in [0.1, 0.15) is 0 Å². The number of primary amides is 1. The van der Waals surface area contributed by atoms with E-state index in [1.807, 2.05) is 0 Å². The van der Waals surface area contributed by atoms with Crippen molar-refractivity contribution in [2.75, 3.05) is 13.1 Å². The van der Waals surface area contributed by atoms with E-state index < -0.39 is 0 Å². The zero-order valence-electron chi connectivity index (χ0n) is 9.43. The molecule has 0 spiro atoms. The number of piperidine rings is 1. The second-order valence-electron chi connectivity index (χ2n) is 5.25. The van der Waals surface area contributed by atoms with Crippen molar-refractivity contribution < 1.29 is 4.79 Å². The van der Waals surface area contributed by atoms with Crippen molar-refractivity contribution in [3.63, 3.8) is 0 Å². The average Bonchev–Trinajstić information content (AvgIpc) is 2.71. The molecule has 3 nitrogen and oxygen atoms in total. The van der Waals surface area contributed by atoms with Gasteiger partial charge in [-0.1, -0.05) is 25.7 Å². The lowest BCUT2D eigenvalue weighted by molar-refractivity contribution is -0.130. The Balaban J connectivity index is 2.00. The first kappa shape index (κ1) is 10.9. The van der Waals surface area contributed by atoms with Gasteiger partial charge in [0.25, 0.3) is 0 Å². The predicted octanol–water partition coefficient (Wildman–Crippen LogP) is 1.42. The fraction of sp³-hybridized carbons (Fsp3) is 0.917. The van der Waals surface area contributed by atoms with Gasteiger partial charge in [-0.05, 0) is 38.3 Å². The van der Waals surface area contributed by atoms with Gasteiger partial charge in [0, 0.05) is 0 Å². The van der Waals surface area contributed by atoms with Gasteiger partial charge in [-0.2, -0.15) is 0 Å². The molecule has 1 aliphatic heterocycles. The maximum Gasteiger partial charge on any atom is 0.223 e. The van der Waals surface area contributed by atoms with Gasteiger partial charge in [0.05, 0.1) is 5.41 Å². The third-order valence-electron chi connectivity index (χ3n) is 4.24. The zero-order valence-corrected chi connectivity index (χ0v) is 9.43. The van der Waals surface area contributed by atoms with Gasteiger partial charge >= 0.3 is 0 Å². The average molecular weight is 210 g/mol. The number of hydrogen-bond acceptors (Lipinski definition) is 2. The van der Waals surface area contributed by atoms with Gasteiger partial charge in [-0.3, -0.25) is 4.79 Å². The number of nitrogens with one attached hydrogen (secondary N) is 1. The third-order valence-corrected chi connectivity index (χ3v) is 4.24. The molecule has 0 radical (unpaired) electrons. The molecule has 15 heavy (non-hydrogen) atoms. The normalized spacial score (nSPS) is 26.7. The smallest absolute Gasteiger partial charge is 0.223 e. The van der Waals surface area contributed by atoms with E-state index >= 15 is 0 Å². The zero-order chi connectivity index (χ0) is 10.7. The fourth-order valence-corrected chi connectivity index (χ4v) is 3.22. The second kappa shape index (κ2) is 4.52. The number of hydrogen-bond donors (Lipinski definition) is 2. The van der Waals surface area contributed by atoms with Crippen molar-refractivity contribution in [3.8, 4) is 0 Å². The van der Waals surface area contributed by atoms with E-state index in [0.717, 1.165) is 38.3 Å². The maximum absolute atomic E-state index is 11.7. The molecule has 2 rings (SSSR count). The van der Waals surface area contributed by atoms with Crippen molar-refractivity contribution in [1.29, 1.82) is 0 Å². The first-order chi connectivity index (χ1) is 7.23. The minimum Gasteiger partial charge on any atom is -0.369 e. The minimum absolute atomic E-state index is 0.0594. The van der Waals surface area contributed by atoms with Crippen molar-refractivity contribution in [2.24, 2.45) is 17.1 Å². The predicted molar refractivity (Wildman–Crippen MR) is 60.3 cm³/mol. The van der Waals surface area contributed by atoms with Crippen molar-refractivity contribution in [2.45, 2.75) is 44.9 Å². The van der Waals surface area contributed by atoms with E-state index in [2.05, 4.69) is 5.32 Å². The third kappa shape index (κ3) is 2.33. The monoisotopic (exact) mass is 210 g/mol. The van der Waals surface area contributed by atoms with Crippen LogP contribution in [0.3, 0.4) is 0 Å². The molecule has 86 valence electrons. The highest BCUT2D eigenvalue weighted by molar-refractivity contribution is 5.81. The van der Waals surface area contributed by atoms with Crippen LogP contribution in [-0.2, 0) is 4.79 Å². The Kier molecular flexibility index (Phi) is 3.29. The van der Waals surface area contributed by atoms with Crippen molar-refractivity contribution in [1.82, 2.24) is 5.32 Å². The van der Waals surface area contributed by atoms with Gasteiger partial charge in [-0.15, -0.1) is 0 Å². The molecule has 2 fully saturated rings. The molecule has 1 heterocycles. The standard InChI is InChI=1S/C12H22N2O/c13-11(15)12(5-7-14-8-6-12)9-10-3-1-2-4-10/h10,14H,1-9H2,(H2,13,15). The molecule has 0 unspecified atom stereocenters. The first-order valence-electron chi connectivity index (χ1n) is 6.24. The first-order valence-corrected chi connectivity index (χ1v) is 6.24. The van der Waals surface area contributed by atoms with Crippen LogP contribution in [0, 0.1) is 11.3 Å². The highest BCUT2D eigenvalue weighted by Gasteiger charge is 2.40. The van der Waals surface area contributed by atoms with Crippen LogP contribution in [0.1, 0.15) is 44.9 Å². The van der Waals surface area contributed by atoms with Crippen molar-refractivity contribution >= 4 is 5.91 Å². The van der Waals surface area contributed by atoms with Crippen molar-refractivity contribution in [3.05, 3.63) is 0 Å². The number of nitrogens with two attached hydrogens (primary N) is 1. The Labute approximate surface area is 91.8 Å². The molecular formula is C12H22N2O. The van der Waals surface area contributed by atoms with E-state index in [1.54, 1.807) is 0 Å². The van der Waals surface area contributed by atoms with Crippen LogP contribution in [0.25, 0.3) is 0 Å². The lowest BCUT2D eigenvalue weighted by Crippen LogP contribution is -2.46. The molecule has 0 bridgehead atoms. The van der Waals surface area contributed by atoms with Crippen LogP contribution < -0.4 is 11.1 Å². The highest BCUT2D eigenvalue weighted by Crippen LogP contribution is 2.40. The molecular weight excluding hydrogens is 188 g/mol. The Hall–Kier alpha value is -0.570. The molecule has 0 aromatic rings. The minimum atomic E-state index is -0.180. The van der Waals surface area contributed by atoms with Crippen LogP contribution in [0.4, 0.5) is 0 Å². The highest BCUT2D eigenvalue weighted by atomic mass is 16.1. The topological polar surface area (TPSA) is 55.1 Å². The van der Waals surface area contributed by atoms with E-state index in [0.29, 0.717) is 0 Å². The van der Waals surface area contributed by atoms with Gasteiger partial charge in [0.15, 0.2) is 0 Å². The van der Waals surface area contributed by atoms with E-state index in [1.165, 1.54) is 25.7 Å². The molecule has 0 aromatic heterocycles. The summed E-state index contributed by atoms with van der Waals surface area (Å²) in [5.41, 5.74) is 5.43. The van der Waals surface area contributed by atoms with E-state index in [-0.39, 0.29) is 11.3 Å². The molecule has 0 atom stereocenters. The molecule has 3 N–H and O–H groups in total. The Morgan fingerprint density at radius 3 is 2.40 bits per heavy atom. The van der Waals surface area contributed by atoms with Gasteiger partial charge in [0.2, 0.25) is 5.91 Å². The summed E-state index contributed by atoms with van der Waals surface area (Å²) in [6.07, 6.45) is 8.24. The number of carbonyl (C=O) groups excluding carboxylic acids is 1. The van der Waals surface area contributed by atoms with Gasteiger partial charge in [-0.25, -0.2) is 0 Å². The number of rotatable bonds is 3. The van der Waals surface area contributed by atoms with Crippen LogP contribution in [0.2, 0.25) is 0 Å². The van der Waals surface area contributed by atoms with Crippen LogP contribution in [0.15, 0.2) is 0 Å². The summed E-state index contributed by atoms with van der Waals surface area (Å²) in [5.74, 6) is 0.700. The summed E-state index contributed by atoms with van der Waals surface area (Å²) in [6.45, 7) is 1.91. The SMILES string of the molecule is NC(=O)C1(CC2CCCC2)CCNCC1. The fourth-order valence-electron chi connectivity index (χ4n) is 3.22. The summed E-state index contributed by atoms with van der Waals surface area (Å²) in [4.78, 5) is 11.7. The van der Waals surface area contributed by atoms with Crippen LogP contribution in [-0.4, -0.2) is 19.0 Å². The van der Waals surface area contributed by atoms with Crippen LogP contribution >= 0.6 is 0 Å². The molecule has 0 aromatic carbocycles. The maximum atomic E-state index is 11.7. The van der Waals surface area contributed by atoms with E-state index in [9.17, 15) is 4.79 Å². The second-order valence-corrected chi connectivity index (χ2v) is 5.25. The van der Waals surface area contributed by atoms with E-state index in [4.69, 9.17) is 5.73 Å².